The molecule has 3 rings (SSSR count). The van der Waals surface area contributed by atoms with Gasteiger partial charge in [0.2, 0.25) is 0 Å². The van der Waals surface area contributed by atoms with Gasteiger partial charge in [0.1, 0.15) is 0 Å². The van der Waals surface area contributed by atoms with Gasteiger partial charge in [-0.25, -0.2) is 8.42 Å². The van der Waals surface area contributed by atoms with Crippen LogP contribution in [0.25, 0.3) is 0 Å². The van der Waals surface area contributed by atoms with E-state index in [1.807, 2.05) is 24.1 Å². The highest BCUT2D eigenvalue weighted by molar-refractivity contribution is 8.13. The van der Waals surface area contributed by atoms with E-state index in [-0.39, 0.29) is 23.6 Å². The Balaban J connectivity index is 1.68. The molecule has 0 N–H and O–H groups in total. The summed E-state index contributed by atoms with van der Waals surface area (Å²) >= 11 is 13.5. The van der Waals surface area contributed by atoms with Crippen molar-refractivity contribution in [3.63, 3.8) is 0 Å². The largest absolute Gasteiger partial charge is 0.348 e. The molecule has 0 radical (unpaired) electrons. The third kappa shape index (κ3) is 3.18. The number of nitrogens with zero attached hydrogens (tertiary/aromatic N) is 2. The second kappa shape index (κ2) is 5.65. The van der Waals surface area contributed by atoms with E-state index in [0.29, 0.717) is 10.0 Å². The van der Waals surface area contributed by atoms with Gasteiger partial charge in [-0.15, -0.1) is 0 Å². The van der Waals surface area contributed by atoms with Gasteiger partial charge in [-0.05, 0) is 17.7 Å². The fourth-order valence-corrected chi connectivity index (χ4v) is 5.86. The molecule has 2 atom stereocenters. The minimum atomic E-state index is -2.93. The molecule has 0 saturated carbocycles. The van der Waals surface area contributed by atoms with Gasteiger partial charge in [0.15, 0.2) is 15.0 Å². The third-order valence-corrected chi connectivity index (χ3v) is 7.29. The topological polar surface area (TPSA) is 49.7 Å². The lowest BCUT2D eigenvalue weighted by atomic mass is 10.2. The van der Waals surface area contributed by atoms with Gasteiger partial charge in [0, 0.05) is 12.8 Å². The van der Waals surface area contributed by atoms with Crippen molar-refractivity contribution in [2.75, 3.05) is 18.6 Å². The fourth-order valence-electron chi connectivity index (χ4n) is 2.59. The Bertz CT molecular complexity index is 706. The van der Waals surface area contributed by atoms with Crippen LogP contribution in [0.3, 0.4) is 0 Å². The highest BCUT2D eigenvalue weighted by atomic mass is 35.5. The summed E-state index contributed by atoms with van der Waals surface area (Å²) in [5, 5.41) is 1.98. The molecule has 2 aliphatic rings. The Morgan fingerprint density at radius 2 is 2.10 bits per heavy atom. The lowest BCUT2D eigenvalue weighted by Crippen LogP contribution is -2.35. The molecule has 0 aromatic heterocycles. The second-order valence-electron chi connectivity index (χ2n) is 5.27. The minimum Gasteiger partial charge on any atom is -0.348 e. The van der Waals surface area contributed by atoms with E-state index in [1.54, 1.807) is 17.8 Å². The van der Waals surface area contributed by atoms with Crippen molar-refractivity contribution in [1.29, 1.82) is 0 Å². The maximum absolute atomic E-state index is 11.6. The van der Waals surface area contributed by atoms with Gasteiger partial charge in [-0.3, -0.25) is 4.99 Å². The number of amidine groups is 1. The molecule has 1 fully saturated rings. The summed E-state index contributed by atoms with van der Waals surface area (Å²) in [4.78, 5) is 6.53. The van der Waals surface area contributed by atoms with Crippen molar-refractivity contribution in [3.8, 4) is 0 Å². The zero-order chi connectivity index (χ0) is 15.2. The predicted molar refractivity (Wildman–Crippen MR) is 89.2 cm³/mol. The lowest BCUT2D eigenvalue weighted by molar-refractivity contribution is 0.410. The number of benzene rings is 1. The van der Waals surface area contributed by atoms with Crippen molar-refractivity contribution in [1.82, 2.24) is 4.90 Å². The van der Waals surface area contributed by atoms with Crippen molar-refractivity contribution in [2.24, 2.45) is 4.99 Å². The van der Waals surface area contributed by atoms with Crippen LogP contribution in [-0.4, -0.2) is 49.1 Å². The molecule has 1 aromatic rings. The molecule has 114 valence electrons. The molecule has 0 aliphatic carbocycles. The van der Waals surface area contributed by atoms with Crippen molar-refractivity contribution >= 4 is 50.0 Å². The predicted octanol–water partition coefficient (Wildman–Crippen LogP) is 2.69. The lowest BCUT2D eigenvalue weighted by Gasteiger charge is -2.20. The molecule has 2 aliphatic heterocycles. The smallest absolute Gasteiger partial charge is 0.159 e. The first-order chi connectivity index (χ1) is 9.85. The number of aliphatic imine (C=N–C) groups is 1. The van der Waals surface area contributed by atoms with Crippen LogP contribution in [0.1, 0.15) is 5.56 Å². The van der Waals surface area contributed by atoms with Crippen LogP contribution >= 0.6 is 35.0 Å². The number of hydrogen-bond acceptors (Lipinski definition) is 5. The average molecular weight is 365 g/mol. The molecule has 8 heteroatoms. The Hall–Kier alpha value is -0.430. The monoisotopic (exact) mass is 364 g/mol. The van der Waals surface area contributed by atoms with Gasteiger partial charge in [-0.2, -0.15) is 0 Å². The molecule has 0 unspecified atom stereocenters. The number of likely N-dealkylation sites (N-methyl/N-ethyl adjacent to an activating group) is 1. The summed E-state index contributed by atoms with van der Waals surface area (Å²) in [6.07, 6.45) is 0. The number of fused-ring (bicyclic) bond motifs is 1. The van der Waals surface area contributed by atoms with Gasteiger partial charge >= 0.3 is 0 Å². The van der Waals surface area contributed by atoms with Crippen LogP contribution in [0.5, 0.6) is 0 Å². The van der Waals surface area contributed by atoms with Gasteiger partial charge in [-0.1, -0.05) is 41.0 Å². The first-order valence-electron chi connectivity index (χ1n) is 6.43. The molecular weight excluding hydrogens is 351 g/mol. The van der Waals surface area contributed by atoms with Crippen LogP contribution in [0.2, 0.25) is 10.0 Å². The van der Waals surface area contributed by atoms with Crippen LogP contribution < -0.4 is 0 Å². The van der Waals surface area contributed by atoms with E-state index in [1.165, 1.54) is 0 Å². The van der Waals surface area contributed by atoms with E-state index in [2.05, 4.69) is 4.99 Å². The molecule has 21 heavy (non-hydrogen) atoms. The van der Waals surface area contributed by atoms with Crippen molar-refractivity contribution in [3.05, 3.63) is 33.8 Å². The molecule has 4 nitrogen and oxygen atoms in total. The van der Waals surface area contributed by atoms with Gasteiger partial charge in [0.05, 0.1) is 33.6 Å². The molecule has 0 spiro atoms. The summed E-state index contributed by atoms with van der Waals surface area (Å²) in [6.45, 7) is 0. The highest BCUT2D eigenvalue weighted by Gasteiger charge is 2.44. The van der Waals surface area contributed by atoms with Crippen LogP contribution in [-0.2, 0) is 15.6 Å². The quantitative estimate of drug-likeness (QED) is 0.809. The summed E-state index contributed by atoms with van der Waals surface area (Å²) in [7, 11) is -1.02. The number of thioether (sulfide) groups is 1. The van der Waals surface area contributed by atoms with E-state index in [4.69, 9.17) is 23.2 Å². The summed E-state index contributed by atoms with van der Waals surface area (Å²) < 4.78 is 23.2. The molecule has 1 saturated heterocycles. The second-order valence-corrected chi connectivity index (χ2v) is 9.18. The zero-order valence-electron chi connectivity index (χ0n) is 11.3. The molecule has 0 amide bonds. The number of rotatable bonds is 2. The third-order valence-electron chi connectivity index (χ3n) is 3.72. The van der Waals surface area contributed by atoms with Gasteiger partial charge < -0.3 is 4.90 Å². The summed E-state index contributed by atoms with van der Waals surface area (Å²) in [5.41, 5.74) is 1.06. The number of halogens is 2. The summed E-state index contributed by atoms with van der Waals surface area (Å²) in [5.74, 6) is 1.10. The molecule has 0 bridgehead atoms. The molecular formula is C13H14Cl2N2O2S2. The van der Waals surface area contributed by atoms with Crippen molar-refractivity contribution < 1.29 is 8.42 Å². The van der Waals surface area contributed by atoms with E-state index in [0.717, 1.165) is 16.5 Å². The number of hydrogen-bond donors (Lipinski definition) is 0. The van der Waals surface area contributed by atoms with Crippen LogP contribution in [0, 0.1) is 0 Å². The minimum absolute atomic E-state index is 0.00805. The zero-order valence-corrected chi connectivity index (χ0v) is 14.4. The van der Waals surface area contributed by atoms with E-state index < -0.39 is 9.84 Å². The SMILES string of the molecule is CN1C(SCc2ccc(Cl)c(Cl)c2)=N[C@H]2CS(=O)(=O)C[C@H]21. The van der Waals surface area contributed by atoms with Crippen molar-refractivity contribution in [2.45, 2.75) is 17.8 Å². The Labute approximate surface area is 138 Å². The first kappa shape index (κ1) is 15.5. The first-order valence-corrected chi connectivity index (χ1v) is 10.00. The summed E-state index contributed by atoms with van der Waals surface area (Å²) in [6, 6.07) is 5.43. The van der Waals surface area contributed by atoms with Gasteiger partial charge in [0.25, 0.3) is 0 Å². The Morgan fingerprint density at radius 1 is 1.33 bits per heavy atom. The fraction of sp³-hybridized carbons (Fsp3) is 0.462. The standard InChI is InChI=1S/C13H14Cl2N2O2S2/c1-17-12-7-21(18,19)6-11(12)16-13(17)20-5-8-2-3-9(14)10(15)4-8/h2-4,11-12H,5-7H2,1H3/t11-,12+/m0/s1. The Morgan fingerprint density at radius 3 is 2.76 bits per heavy atom. The molecule has 1 aromatic carbocycles. The highest BCUT2D eigenvalue weighted by Crippen LogP contribution is 2.31. The molecule has 2 heterocycles. The number of sulfone groups is 1. The van der Waals surface area contributed by atoms with E-state index in [9.17, 15) is 8.42 Å². The van der Waals surface area contributed by atoms with Crippen LogP contribution in [0.15, 0.2) is 23.2 Å². The average Bonchev–Trinajstić information content (AvgIpc) is 2.85. The van der Waals surface area contributed by atoms with Crippen LogP contribution in [0.4, 0.5) is 0 Å². The normalized spacial score (nSPS) is 26.8. The maximum atomic E-state index is 11.6. The Kier molecular flexibility index (Phi) is 4.16. The van der Waals surface area contributed by atoms with E-state index >= 15 is 0 Å². The maximum Gasteiger partial charge on any atom is 0.159 e.